The second-order valence-corrected chi connectivity index (χ2v) is 8.52. The fourth-order valence-electron chi connectivity index (χ4n) is 3.62. The molecule has 0 saturated carbocycles. The van der Waals surface area contributed by atoms with Crippen molar-refractivity contribution in [1.29, 1.82) is 0 Å². The summed E-state index contributed by atoms with van der Waals surface area (Å²) < 4.78 is 58.1. The Morgan fingerprint density at radius 2 is 1.68 bits per heavy atom. The van der Waals surface area contributed by atoms with E-state index in [-0.39, 0.29) is 42.3 Å². The minimum atomic E-state index is -4.24. The summed E-state index contributed by atoms with van der Waals surface area (Å²) in [6, 6.07) is 15.3. The number of carbonyl (C=O) groups excluding carboxylic acids is 2. The highest BCUT2D eigenvalue weighted by atomic mass is 19.4. The predicted molar refractivity (Wildman–Crippen MR) is 145 cm³/mol. The van der Waals surface area contributed by atoms with Gasteiger partial charge < -0.3 is 30.4 Å². The first-order valence-electron chi connectivity index (χ1n) is 12.2. The number of anilines is 2. The summed E-state index contributed by atoms with van der Waals surface area (Å²) in [6.45, 7) is 1.74. The lowest BCUT2D eigenvalue weighted by Gasteiger charge is -2.13. The molecule has 11 heteroatoms. The molecule has 0 aliphatic heterocycles. The Morgan fingerprint density at radius 3 is 2.30 bits per heavy atom. The quantitative estimate of drug-likeness (QED) is 0.0744. The lowest BCUT2D eigenvalue weighted by molar-refractivity contribution is -0.137. The Bertz CT molecular complexity index is 1370. The van der Waals surface area contributed by atoms with Crippen molar-refractivity contribution in [2.24, 2.45) is 0 Å². The summed E-state index contributed by atoms with van der Waals surface area (Å²) in [7, 11) is 1.40. The van der Waals surface area contributed by atoms with Crippen molar-refractivity contribution in [2.45, 2.75) is 25.9 Å². The SMILES string of the molecule is CCOC(=O)C(=Cc1ccc(OC(=O)c2ccc(OCCCC(F)(F)F)cc2)c(OC)c1)c1ccc(N)cc1N. The highest BCUT2D eigenvalue weighted by Gasteiger charge is 2.26. The van der Waals surface area contributed by atoms with Crippen molar-refractivity contribution < 1.29 is 41.7 Å². The molecular formula is C29H29F3N2O6. The van der Waals surface area contributed by atoms with E-state index in [2.05, 4.69) is 0 Å². The zero-order valence-corrected chi connectivity index (χ0v) is 21.9. The molecule has 0 atom stereocenters. The molecule has 0 heterocycles. The van der Waals surface area contributed by atoms with E-state index in [1.165, 1.54) is 43.5 Å². The van der Waals surface area contributed by atoms with E-state index in [9.17, 15) is 22.8 Å². The lowest BCUT2D eigenvalue weighted by Crippen LogP contribution is -2.10. The number of hydrogen-bond acceptors (Lipinski definition) is 8. The molecule has 0 fully saturated rings. The number of rotatable bonds is 11. The molecule has 212 valence electrons. The lowest BCUT2D eigenvalue weighted by atomic mass is 10.0. The number of esters is 2. The molecule has 0 spiro atoms. The molecule has 4 N–H and O–H groups in total. The number of halogens is 3. The summed E-state index contributed by atoms with van der Waals surface area (Å²) in [5.41, 5.74) is 14.0. The third kappa shape index (κ3) is 8.42. The van der Waals surface area contributed by atoms with Crippen LogP contribution in [-0.4, -0.2) is 38.4 Å². The van der Waals surface area contributed by atoms with Gasteiger partial charge in [0.2, 0.25) is 0 Å². The van der Waals surface area contributed by atoms with E-state index in [0.29, 0.717) is 28.3 Å². The van der Waals surface area contributed by atoms with Crippen molar-refractivity contribution >= 4 is 35.0 Å². The number of ether oxygens (including phenoxy) is 4. The van der Waals surface area contributed by atoms with Gasteiger partial charge in [0, 0.05) is 23.4 Å². The van der Waals surface area contributed by atoms with Crippen LogP contribution in [-0.2, 0) is 9.53 Å². The number of nitrogens with two attached hydrogens (primary N) is 2. The van der Waals surface area contributed by atoms with Crippen LogP contribution in [0, 0.1) is 0 Å². The van der Waals surface area contributed by atoms with Crippen LogP contribution in [0.1, 0.15) is 41.3 Å². The van der Waals surface area contributed by atoms with Gasteiger partial charge >= 0.3 is 18.1 Å². The zero-order chi connectivity index (χ0) is 29.3. The molecule has 0 aliphatic rings. The molecule has 8 nitrogen and oxygen atoms in total. The van der Waals surface area contributed by atoms with Gasteiger partial charge in [-0.1, -0.05) is 6.07 Å². The van der Waals surface area contributed by atoms with Crippen molar-refractivity contribution in [2.75, 3.05) is 31.8 Å². The molecule has 0 saturated heterocycles. The van der Waals surface area contributed by atoms with Gasteiger partial charge in [-0.3, -0.25) is 0 Å². The van der Waals surface area contributed by atoms with Crippen LogP contribution in [0.25, 0.3) is 11.6 Å². The molecular weight excluding hydrogens is 529 g/mol. The van der Waals surface area contributed by atoms with E-state index < -0.39 is 24.5 Å². The maximum Gasteiger partial charge on any atom is 0.389 e. The van der Waals surface area contributed by atoms with E-state index in [1.807, 2.05) is 0 Å². The van der Waals surface area contributed by atoms with Gasteiger partial charge in [0.05, 0.1) is 31.5 Å². The van der Waals surface area contributed by atoms with E-state index >= 15 is 0 Å². The van der Waals surface area contributed by atoms with Crippen LogP contribution in [0.2, 0.25) is 0 Å². The smallest absolute Gasteiger partial charge is 0.389 e. The normalized spacial score (nSPS) is 11.6. The topological polar surface area (TPSA) is 123 Å². The second-order valence-electron chi connectivity index (χ2n) is 8.52. The number of benzene rings is 3. The Morgan fingerprint density at radius 1 is 0.950 bits per heavy atom. The summed E-state index contributed by atoms with van der Waals surface area (Å²) in [4.78, 5) is 25.4. The predicted octanol–water partition coefficient (Wildman–Crippen LogP) is 5.90. The molecule has 3 rings (SSSR count). The number of hydrogen-bond donors (Lipinski definition) is 2. The van der Waals surface area contributed by atoms with Crippen LogP contribution in [0.15, 0.2) is 60.7 Å². The van der Waals surface area contributed by atoms with Crippen LogP contribution < -0.4 is 25.7 Å². The monoisotopic (exact) mass is 558 g/mol. The van der Waals surface area contributed by atoms with E-state index in [4.69, 9.17) is 30.4 Å². The van der Waals surface area contributed by atoms with Crippen molar-refractivity contribution in [1.82, 2.24) is 0 Å². The van der Waals surface area contributed by atoms with Gasteiger partial charge in [-0.15, -0.1) is 0 Å². The Kier molecular flexibility index (Phi) is 10.0. The molecule has 3 aromatic rings. The van der Waals surface area contributed by atoms with Crippen molar-refractivity contribution in [3.8, 4) is 17.2 Å². The molecule has 0 unspecified atom stereocenters. The zero-order valence-electron chi connectivity index (χ0n) is 21.9. The van der Waals surface area contributed by atoms with Crippen LogP contribution in [0.4, 0.5) is 24.5 Å². The highest BCUT2D eigenvalue weighted by molar-refractivity contribution is 6.23. The van der Waals surface area contributed by atoms with E-state index in [0.717, 1.165) is 0 Å². The Labute approximate surface area is 229 Å². The maximum atomic E-state index is 12.7. The molecule has 0 radical (unpaired) electrons. The number of nitrogen functional groups attached to an aromatic ring is 2. The van der Waals surface area contributed by atoms with Crippen LogP contribution in [0.3, 0.4) is 0 Å². The van der Waals surface area contributed by atoms with Gasteiger partial charge in [0.25, 0.3) is 0 Å². The molecule has 0 bridgehead atoms. The molecule has 0 aliphatic carbocycles. The van der Waals surface area contributed by atoms with Crippen LogP contribution in [0.5, 0.6) is 17.2 Å². The average Bonchev–Trinajstić information content (AvgIpc) is 2.90. The average molecular weight is 559 g/mol. The van der Waals surface area contributed by atoms with Crippen molar-refractivity contribution in [3.63, 3.8) is 0 Å². The largest absolute Gasteiger partial charge is 0.494 e. The number of methoxy groups -OCH3 is 1. The molecule has 0 aromatic heterocycles. The molecule has 3 aromatic carbocycles. The fraction of sp³-hybridized carbons (Fsp3) is 0.241. The third-order valence-corrected chi connectivity index (χ3v) is 5.53. The first-order valence-corrected chi connectivity index (χ1v) is 12.2. The number of carbonyl (C=O) groups is 2. The van der Waals surface area contributed by atoms with Gasteiger partial charge in [-0.05, 0) is 79.6 Å². The fourth-order valence-corrected chi connectivity index (χ4v) is 3.62. The van der Waals surface area contributed by atoms with Crippen molar-refractivity contribution in [3.05, 3.63) is 77.4 Å². The van der Waals surface area contributed by atoms with Gasteiger partial charge in [0.15, 0.2) is 11.5 Å². The van der Waals surface area contributed by atoms with Crippen LogP contribution >= 0.6 is 0 Å². The molecule has 40 heavy (non-hydrogen) atoms. The summed E-state index contributed by atoms with van der Waals surface area (Å²) in [5.74, 6) is -0.595. The third-order valence-electron chi connectivity index (χ3n) is 5.53. The standard InChI is InChI=1S/C29H29F3N2O6/c1-3-38-28(36)23(22-11-8-20(33)17-24(22)34)15-18-5-12-25(26(16-18)37-2)40-27(35)19-6-9-21(10-7-19)39-14-4-13-29(30,31)32/h5-12,15-17H,3-4,13-14,33-34H2,1-2H3. The second kappa shape index (κ2) is 13.4. The van der Waals surface area contributed by atoms with Gasteiger partial charge in [-0.25, -0.2) is 9.59 Å². The summed E-state index contributed by atoms with van der Waals surface area (Å²) in [6.07, 6.45) is -3.78. The Balaban J connectivity index is 1.76. The first kappa shape index (κ1) is 29.9. The van der Waals surface area contributed by atoms with Gasteiger partial charge in [0.1, 0.15) is 5.75 Å². The first-order chi connectivity index (χ1) is 19.0. The summed E-state index contributed by atoms with van der Waals surface area (Å²) >= 11 is 0. The number of alkyl halides is 3. The minimum absolute atomic E-state index is 0.107. The Hall–Kier alpha value is -4.67. The maximum absolute atomic E-state index is 12.7. The minimum Gasteiger partial charge on any atom is -0.494 e. The van der Waals surface area contributed by atoms with Gasteiger partial charge in [-0.2, -0.15) is 13.2 Å². The highest BCUT2D eigenvalue weighted by Crippen LogP contribution is 2.32. The molecule has 0 amide bonds. The van der Waals surface area contributed by atoms with E-state index in [1.54, 1.807) is 37.3 Å². The summed E-state index contributed by atoms with van der Waals surface area (Å²) in [5, 5.41) is 0.